The summed E-state index contributed by atoms with van der Waals surface area (Å²) in [6.45, 7) is 11.9. The molecule has 4 atom stereocenters. The van der Waals surface area contributed by atoms with Gasteiger partial charge in [-0.05, 0) is 79.7 Å². The van der Waals surface area contributed by atoms with E-state index in [4.69, 9.17) is 9.47 Å². The van der Waals surface area contributed by atoms with E-state index in [1.807, 2.05) is 0 Å². The molecule has 0 saturated heterocycles. The molecule has 0 spiro atoms. The maximum absolute atomic E-state index is 10.6. The zero-order valence-electron chi connectivity index (χ0n) is 19.4. The van der Waals surface area contributed by atoms with Gasteiger partial charge in [0.25, 0.3) is 6.47 Å². The summed E-state index contributed by atoms with van der Waals surface area (Å²) in [5.74, 6) is 2.93. The van der Waals surface area contributed by atoms with Crippen LogP contribution < -0.4 is 0 Å². The fourth-order valence-corrected chi connectivity index (χ4v) is 5.89. The number of carbonyl (C=O) groups is 1. The van der Waals surface area contributed by atoms with Crippen molar-refractivity contribution in [3.63, 3.8) is 0 Å². The molecule has 164 valence electrons. The smallest absolute Gasteiger partial charge is 0.295 e. The second-order valence-electron chi connectivity index (χ2n) is 9.73. The lowest BCUT2D eigenvalue weighted by Gasteiger charge is -2.51. The highest BCUT2D eigenvalue weighted by molar-refractivity contribution is 5.37. The predicted molar refractivity (Wildman–Crippen MR) is 120 cm³/mol. The fourth-order valence-electron chi connectivity index (χ4n) is 5.89. The number of rotatable bonds is 7. The molecule has 29 heavy (non-hydrogen) atoms. The molecule has 0 aromatic heterocycles. The van der Waals surface area contributed by atoms with E-state index in [9.17, 15) is 4.79 Å². The number of carbonyl (C=O) groups excluding carboxylic acids is 1. The van der Waals surface area contributed by atoms with Gasteiger partial charge in [0.1, 0.15) is 0 Å². The van der Waals surface area contributed by atoms with E-state index in [2.05, 4.69) is 58.9 Å². The molecule has 2 fully saturated rings. The van der Waals surface area contributed by atoms with Gasteiger partial charge < -0.3 is 9.47 Å². The minimum absolute atomic E-state index is 0.0651. The van der Waals surface area contributed by atoms with Gasteiger partial charge in [0.15, 0.2) is 0 Å². The van der Waals surface area contributed by atoms with Crippen molar-refractivity contribution in [1.82, 2.24) is 0 Å². The van der Waals surface area contributed by atoms with Crippen molar-refractivity contribution in [3.05, 3.63) is 35.4 Å². The Morgan fingerprint density at radius 3 is 2.10 bits per heavy atom. The molecule has 1 aromatic carbocycles. The van der Waals surface area contributed by atoms with Gasteiger partial charge in [-0.15, -0.1) is 0 Å². The SMILES string of the molecule is CCc1ccc(C(C)CC)cc1.COC(OC=O)C12CC(C)CC(CC(C)C1)C2. The minimum Gasteiger partial charge on any atom is -0.437 e. The van der Waals surface area contributed by atoms with E-state index >= 15 is 0 Å². The Hall–Kier alpha value is -1.35. The lowest BCUT2D eigenvalue weighted by Crippen LogP contribution is -2.48. The number of hydrogen-bond donors (Lipinski definition) is 0. The van der Waals surface area contributed by atoms with Crippen molar-refractivity contribution in [3.8, 4) is 0 Å². The Morgan fingerprint density at radius 1 is 1.07 bits per heavy atom. The van der Waals surface area contributed by atoms with Crippen LogP contribution in [0, 0.1) is 23.2 Å². The van der Waals surface area contributed by atoms with E-state index in [-0.39, 0.29) is 11.7 Å². The van der Waals surface area contributed by atoms with E-state index in [0.29, 0.717) is 24.2 Å². The molecule has 0 heterocycles. The van der Waals surface area contributed by atoms with Gasteiger partial charge in [0.05, 0.1) is 0 Å². The Labute approximate surface area is 178 Å². The molecule has 2 aliphatic carbocycles. The van der Waals surface area contributed by atoms with Gasteiger partial charge in [-0.1, -0.05) is 58.9 Å². The molecule has 2 bridgehead atoms. The van der Waals surface area contributed by atoms with Crippen LogP contribution in [0.3, 0.4) is 0 Å². The van der Waals surface area contributed by atoms with Crippen LogP contribution in [0.2, 0.25) is 0 Å². The molecule has 3 nitrogen and oxygen atoms in total. The maximum Gasteiger partial charge on any atom is 0.295 e. The average Bonchev–Trinajstić information content (AvgIpc) is 2.70. The van der Waals surface area contributed by atoms with Crippen molar-refractivity contribution < 1.29 is 14.3 Å². The third kappa shape index (κ3) is 6.31. The molecular formula is C26H42O3. The zero-order chi connectivity index (χ0) is 21.4. The summed E-state index contributed by atoms with van der Waals surface area (Å²) < 4.78 is 10.7. The molecule has 3 rings (SSSR count). The van der Waals surface area contributed by atoms with Crippen LogP contribution in [0.4, 0.5) is 0 Å². The molecule has 3 heteroatoms. The third-order valence-corrected chi connectivity index (χ3v) is 7.14. The van der Waals surface area contributed by atoms with Gasteiger partial charge in [-0.3, -0.25) is 4.79 Å². The first-order valence-corrected chi connectivity index (χ1v) is 11.6. The fraction of sp³-hybridized carbons (Fsp3) is 0.731. The summed E-state index contributed by atoms with van der Waals surface area (Å²) in [5.41, 5.74) is 2.96. The Bertz CT molecular complexity index is 589. The number of hydrogen-bond acceptors (Lipinski definition) is 3. The highest BCUT2D eigenvalue weighted by Crippen LogP contribution is 2.55. The second kappa shape index (κ2) is 11.2. The van der Waals surface area contributed by atoms with E-state index < -0.39 is 0 Å². The molecule has 0 aliphatic heterocycles. The predicted octanol–water partition coefficient (Wildman–Crippen LogP) is 6.75. The molecule has 2 aliphatic rings. The summed E-state index contributed by atoms with van der Waals surface area (Å²) in [6, 6.07) is 8.99. The molecule has 0 N–H and O–H groups in total. The molecule has 1 aromatic rings. The number of benzene rings is 1. The van der Waals surface area contributed by atoms with E-state index in [1.165, 1.54) is 30.4 Å². The second-order valence-corrected chi connectivity index (χ2v) is 9.73. The topological polar surface area (TPSA) is 35.5 Å². The largest absolute Gasteiger partial charge is 0.437 e. The molecule has 0 amide bonds. The third-order valence-electron chi connectivity index (χ3n) is 7.14. The van der Waals surface area contributed by atoms with Crippen LogP contribution in [0.15, 0.2) is 24.3 Å². The standard InChI is InChI=1S/C14H24O3.C12H18/c1-10-4-12-5-11(2)7-14(6-10,8-12)13(16-3)17-9-15;1-4-10(3)12-8-6-11(5-2)7-9-12/h9-13H,4-8H2,1-3H3;6-10H,4-5H2,1-3H3. The van der Waals surface area contributed by atoms with Crippen molar-refractivity contribution >= 4 is 6.47 Å². The van der Waals surface area contributed by atoms with Crippen LogP contribution in [-0.2, 0) is 20.7 Å². The first-order chi connectivity index (χ1) is 13.9. The lowest BCUT2D eigenvalue weighted by atomic mass is 9.56. The first-order valence-electron chi connectivity index (χ1n) is 11.6. The summed E-state index contributed by atoms with van der Waals surface area (Å²) in [6.07, 6.45) is 8.07. The quantitative estimate of drug-likeness (QED) is 0.374. The molecule has 2 saturated carbocycles. The van der Waals surface area contributed by atoms with E-state index in [0.717, 1.165) is 31.6 Å². The van der Waals surface area contributed by atoms with Gasteiger partial charge in [-0.2, -0.15) is 0 Å². The number of methoxy groups -OCH3 is 1. The van der Waals surface area contributed by atoms with Crippen molar-refractivity contribution in [2.45, 2.75) is 91.8 Å². The average molecular weight is 403 g/mol. The summed E-state index contributed by atoms with van der Waals surface area (Å²) in [5, 5.41) is 0. The summed E-state index contributed by atoms with van der Waals surface area (Å²) >= 11 is 0. The number of aryl methyl sites for hydroxylation is 1. The van der Waals surface area contributed by atoms with Gasteiger partial charge >= 0.3 is 0 Å². The summed E-state index contributed by atoms with van der Waals surface area (Å²) in [4.78, 5) is 10.6. The Kier molecular flexibility index (Phi) is 9.20. The minimum atomic E-state index is -0.354. The monoisotopic (exact) mass is 402 g/mol. The maximum atomic E-state index is 10.6. The van der Waals surface area contributed by atoms with Gasteiger partial charge in [0, 0.05) is 12.5 Å². The highest BCUT2D eigenvalue weighted by Gasteiger charge is 2.50. The van der Waals surface area contributed by atoms with Crippen molar-refractivity contribution in [2.75, 3.05) is 7.11 Å². The van der Waals surface area contributed by atoms with Crippen LogP contribution in [0.1, 0.15) is 90.2 Å². The molecule has 0 radical (unpaired) electrons. The zero-order valence-corrected chi connectivity index (χ0v) is 19.4. The van der Waals surface area contributed by atoms with Crippen LogP contribution in [0.25, 0.3) is 0 Å². The normalized spacial score (nSPS) is 30.5. The van der Waals surface area contributed by atoms with Crippen LogP contribution in [0.5, 0.6) is 0 Å². The lowest BCUT2D eigenvalue weighted by molar-refractivity contribution is -0.215. The Balaban J connectivity index is 0.000000221. The van der Waals surface area contributed by atoms with Gasteiger partial charge in [0.2, 0.25) is 6.29 Å². The van der Waals surface area contributed by atoms with Crippen LogP contribution in [-0.4, -0.2) is 19.9 Å². The first kappa shape index (κ1) is 23.9. The highest BCUT2D eigenvalue weighted by atomic mass is 16.7. The van der Waals surface area contributed by atoms with Gasteiger partial charge in [-0.25, -0.2) is 0 Å². The molecular weight excluding hydrogens is 360 g/mol. The van der Waals surface area contributed by atoms with Crippen molar-refractivity contribution in [1.29, 1.82) is 0 Å². The van der Waals surface area contributed by atoms with E-state index in [1.54, 1.807) is 7.11 Å². The molecule has 4 unspecified atom stereocenters. The Morgan fingerprint density at radius 2 is 1.66 bits per heavy atom. The van der Waals surface area contributed by atoms with Crippen molar-refractivity contribution in [2.24, 2.45) is 23.2 Å². The summed E-state index contributed by atoms with van der Waals surface area (Å²) in [7, 11) is 1.65. The number of fused-ring (bicyclic) bond motifs is 2. The number of ether oxygens (including phenoxy) is 2. The van der Waals surface area contributed by atoms with Crippen LogP contribution >= 0.6 is 0 Å².